The third-order valence-corrected chi connectivity index (χ3v) is 7.58. The lowest BCUT2D eigenvalue weighted by atomic mass is 10.2. The minimum Gasteiger partial charge on any atom is -0.495 e. The molecule has 2 atom stereocenters. The Labute approximate surface area is 170 Å². The molecule has 1 amide bonds. The third-order valence-electron chi connectivity index (χ3n) is 4.14. The number of aliphatic imine (C=N–C) groups is 1. The fourth-order valence-corrected chi connectivity index (χ4v) is 7.15. The summed E-state index contributed by atoms with van der Waals surface area (Å²) in [5, 5.41) is 9.00. The van der Waals surface area contributed by atoms with Crippen LogP contribution in [0.3, 0.4) is 0 Å². The number of benzene rings is 1. The Morgan fingerprint density at radius 1 is 1.36 bits per heavy atom. The van der Waals surface area contributed by atoms with E-state index in [1.54, 1.807) is 23.1 Å². The molecule has 2 fully saturated rings. The largest absolute Gasteiger partial charge is 0.495 e. The number of aliphatic carboxylic acids is 1. The van der Waals surface area contributed by atoms with E-state index in [0.29, 0.717) is 21.6 Å². The van der Waals surface area contributed by atoms with E-state index in [1.807, 2.05) is 0 Å². The molecule has 3 rings (SSSR count). The van der Waals surface area contributed by atoms with E-state index in [9.17, 15) is 18.0 Å². The number of thioether (sulfide) groups is 1. The molecule has 0 aromatic heterocycles. The zero-order chi connectivity index (χ0) is 20.5. The van der Waals surface area contributed by atoms with Crippen LogP contribution in [0.1, 0.15) is 0 Å². The topological polar surface area (TPSA) is 123 Å². The van der Waals surface area contributed by atoms with Crippen molar-refractivity contribution in [3.63, 3.8) is 0 Å². The molecular weight excluding hydrogens is 432 g/mol. The number of nitrogens with zero attached hydrogens (tertiary/aromatic N) is 2. The molecule has 2 aliphatic heterocycles. The predicted molar refractivity (Wildman–Crippen MR) is 105 cm³/mol. The van der Waals surface area contributed by atoms with E-state index in [4.69, 9.17) is 26.2 Å². The number of fused-ring (bicyclic) bond motifs is 1. The predicted octanol–water partition coefficient (Wildman–Crippen LogP) is 1.05. The van der Waals surface area contributed by atoms with Gasteiger partial charge in [0.15, 0.2) is 15.0 Å². The summed E-state index contributed by atoms with van der Waals surface area (Å²) < 4.78 is 34.3. The molecule has 152 valence electrons. The Morgan fingerprint density at radius 2 is 2.11 bits per heavy atom. The van der Waals surface area contributed by atoms with Gasteiger partial charge < -0.3 is 19.5 Å². The van der Waals surface area contributed by atoms with Gasteiger partial charge >= 0.3 is 5.97 Å². The quantitative estimate of drug-likeness (QED) is 0.680. The Balaban J connectivity index is 1.94. The van der Waals surface area contributed by atoms with E-state index in [-0.39, 0.29) is 16.8 Å². The van der Waals surface area contributed by atoms with Crippen molar-refractivity contribution in [2.45, 2.75) is 11.3 Å². The standard InChI is InChI=1S/C16H17ClN2O7S2/c1-25-12-3-2-9(17)4-10(12)19-11-7-28(23,24)8-13(11)27-16(19)18-14(20)5-26-6-15(21)22/h2-4,11,13H,5-8H2,1H3,(H,21,22)/t11-,13-/m1/s1. The maximum atomic E-state index is 12.1. The monoisotopic (exact) mass is 448 g/mol. The number of carboxylic acid groups (broad SMARTS) is 1. The number of carbonyl (C=O) groups excluding carboxylic acids is 1. The van der Waals surface area contributed by atoms with Crippen molar-refractivity contribution in [1.82, 2.24) is 0 Å². The molecule has 9 nitrogen and oxygen atoms in total. The summed E-state index contributed by atoms with van der Waals surface area (Å²) in [5.41, 5.74) is 0.505. The lowest BCUT2D eigenvalue weighted by Crippen LogP contribution is -2.38. The van der Waals surface area contributed by atoms with Gasteiger partial charge in [-0.15, -0.1) is 0 Å². The van der Waals surface area contributed by atoms with E-state index < -0.39 is 41.0 Å². The molecule has 28 heavy (non-hydrogen) atoms. The molecule has 0 spiro atoms. The Kier molecular flexibility index (Phi) is 6.18. The highest BCUT2D eigenvalue weighted by Crippen LogP contribution is 2.44. The number of halogens is 1. The minimum atomic E-state index is -3.22. The second kappa shape index (κ2) is 8.27. The van der Waals surface area contributed by atoms with Gasteiger partial charge in [-0.25, -0.2) is 13.2 Å². The second-order valence-electron chi connectivity index (χ2n) is 6.16. The van der Waals surface area contributed by atoms with Crippen LogP contribution in [0.25, 0.3) is 0 Å². The molecule has 0 bridgehead atoms. The highest BCUT2D eigenvalue weighted by atomic mass is 35.5. The number of hydrogen-bond acceptors (Lipinski definition) is 7. The van der Waals surface area contributed by atoms with Gasteiger partial charge in [-0.05, 0) is 18.2 Å². The Bertz CT molecular complexity index is 935. The summed E-state index contributed by atoms with van der Waals surface area (Å²) in [5.74, 6) is -1.51. The van der Waals surface area contributed by atoms with Crippen molar-refractivity contribution in [2.24, 2.45) is 4.99 Å². The molecule has 1 N–H and O–H groups in total. The number of carboxylic acids is 1. The number of amidine groups is 1. The highest BCUT2D eigenvalue weighted by molar-refractivity contribution is 8.16. The van der Waals surface area contributed by atoms with Crippen LogP contribution < -0.4 is 9.64 Å². The minimum absolute atomic E-state index is 0.0234. The first-order chi connectivity index (χ1) is 13.2. The van der Waals surface area contributed by atoms with Crippen LogP contribution in [0.2, 0.25) is 5.02 Å². The van der Waals surface area contributed by atoms with Crippen molar-refractivity contribution in [2.75, 3.05) is 36.7 Å². The highest BCUT2D eigenvalue weighted by Gasteiger charge is 2.50. The van der Waals surface area contributed by atoms with Gasteiger partial charge in [-0.2, -0.15) is 4.99 Å². The molecule has 1 aromatic rings. The van der Waals surface area contributed by atoms with Crippen LogP contribution in [0, 0.1) is 0 Å². The number of carbonyl (C=O) groups is 2. The summed E-state index contributed by atoms with van der Waals surface area (Å²) in [4.78, 5) is 28.3. The summed E-state index contributed by atoms with van der Waals surface area (Å²) >= 11 is 7.30. The normalized spacial score (nSPS) is 24.4. The maximum absolute atomic E-state index is 12.1. The third kappa shape index (κ3) is 4.59. The first-order valence-electron chi connectivity index (χ1n) is 8.11. The molecule has 1 aromatic carbocycles. The Morgan fingerprint density at radius 3 is 2.79 bits per heavy atom. The molecule has 0 aliphatic carbocycles. The lowest BCUT2D eigenvalue weighted by molar-refractivity contribution is -0.143. The Hall–Kier alpha value is -1.82. The van der Waals surface area contributed by atoms with Crippen molar-refractivity contribution in [3.8, 4) is 5.75 Å². The molecule has 2 saturated heterocycles. The number of methoxy groups -OCH3 is 1. The van der Waals surface area contributed by atoms with E-state index >= 15 is 0 Å². The van der Waals surface area contributed by atoms with Gasteiger partial charge in [0.25, 0.3) is 5.91 Å². The number of amides is 1. The van der Waals surface area contributed by atoms with Gasteiger partial charge in [0.05, 0.1) is 30.3 Å². The van der Waals surface area contributed by atoms with Crippen LogP contribution in [0.15, 0.2) is 23.2 Å². The summed E-state index contributed by atoms with van der Waals surface area (Å²) in [7, 11) is -1.75. The number of hydrogen-bond donors (Lipinski definition) is 1. The number of rotatable bonds is 6. The molecule has 2 heterocycles. The molecule has 2 aliphatic rings. The maximum Gasteiger partial charge on any atom is 0.329 e. The fourth-order valence-electron chi connectivity index (χ4n) is 3.06. The van der Waals surface area contributed by atoms with E-state index in [2.05, 4.69) is 4.99 Å². The average Bonchev–Trinajstić information content (AvgIpc) is 3.05. The zero-order valence-corrected chi connectivity index (χ0v) is 17.1. The van der Waals surface area contributed by atoms with Crippen LogP contribution in [0.4, 0.5) is 5.69 Å². The second-order valence-corrected chi connectivity index (χ2v) is 9.96. The molecule has 0 saturated carbocycles. The van der Waals surface area contributed by atoms with Crippen LogP contribution >= 0.6 is 23.4 Å². The van der Waals surface area contributed by atoms with Gasteiger partial charge in [-0.3, -0.25) is 4.79 Å². The van der Waals surface area contributed by atoms with Crippen molar-refractivity contribution in [3.05, 3.63) is 23.2 Å². The van der Waals surface area contributed by atoms with Gasteiger partial charge in [0.2, 0.25) is 0 Å². The number of anilines is 1. The smallest absolute Gasteiger partial charge is 0.329 e. The van der Waals surface area contributed by atoms with Crippen molar-refractivity contribution < 1.29 is 32.6 Å². The lowest BCUT2D eigenvalue weighted by Gasteiger charge is -2.26. The number of sulfone groups is 1. The van der Waals surface area contributed by atoms with Crippen LogP contribution in [0.5, 0.6) is 5.75 Å². The SMILES string of the molecule is COc1ccc(Cl)cc1N1C(=NC(=O)COCC(=O)O)S[C@@H]2CS(=O)(=O)C[C@H]21. The van der Waals surface area contributed by atoms with E-state index in [0.717, 1.165) is 0 Å². The van der Waals surface area contributed by atoms with Gasteiger partial charge in [-0.1, -0.05) is 23.4 Å². The zero-order valence-electron chi connectivity index (χ0n) is 14.7. The van der Waals surface area contributed by atoms with Crippen molar-refractivity contribution in [1.29, 1.82) is 0 Å². The molecule has 0 unspecified atom stereocenters. The van der Waals surface area contributed by atoms with Gasteiger partial charge in [0, 0.05) is 10.3 Å². The fraction of sp³-hybridized carbons (Fsp3) is 0.438. The number of ether oxygens (including phenoxy) is 2. The molecule has 12 heteroatoms. The first-order valence-corrected chi connectivity index (χ1v) is 11.2. The summed E-state index contributed by atoms with van der Waals surface area (Å²) in [6.45, 7) is -1.11. The van der Waals surface area contributed by atoms with E-state index in [1.165, 1.54) is 18.9 Å². The molecule has 0 radical (unpaired) electrons. The molecular formula is C16H17ClN2O7S2. The first kappa shape index (κ1) is 20.9. The van der Waals surface area contributed by atoms with Crippen LogP contribution in [-0.2, 0) is 24.2 Å². The van der Waals surface area contributed by atoms with Gasteiger partial charge in [0.1, 0.15) is 19.0 Å². The van der Waals surface area contributed by atoms with Crippen molar-refractivity contribution >= 4 is 55.9 Å². The average molecular weight is 449 g/mol. The summed E-state index contributed by atoms with van der Waals surface area (Å²) in [6.07, 6.45) is 0. The summed E-state index contributed by atoms with van der Waals surface area (Å²) in [6, 6.07) is 4.48. The van der Waals surface area contributed by atoms with Crippen LogP contribution in [-0.4, -0.2) is 73.7 Å².